The molecule has 27 heavy (non-hydrogen) atoms. The maximum absolute atomic E-state index is 12.5. The van der Waals surface area contributed by atoms with Gasteiger partial charge in [0.05, 0.1) is 5.69 Å². The van der Waals surface area contributed by atoms with Gasteiger partial charge >= 0.3 is 0 Å². The van der Waals surface area contributed by atoms with Crippen LogP contribution in [0.5, 0.6) is 0 Å². The van der Waals surface area contributed by atoms with Gasteiger partial charge in [0.25, 0.3) is 5.56 Å². The number of nitrogens with one attached hydrogen (secondary N) is 1. The molecule has 0 unspecified atom stereocenters. The summed E-state index contributed by atoms with van der Waals surface area (Å²) in [6, 6.07) is 15.0. The third kappa shape index (κ3) is 4.31. The molecule has 0 saturated heterocycles. The van der Waals surface area contributed by atoms with Gasteiger partial charge in [-0.2, -0.15) is 5.10 Å². The number of anilines is 1. The van der Waals surface area contributed by atoms with Gasteiger partial charge in [0.15, 0.2) is 0 Å². The highest BCUT2D eigenvalue weighted by Crippen LogP contribution is 2.22. The zero-order valence-electron chi connectivity index (χ0n) is 16.0. The smallest absolute Gasteiger partial charge is 0.267 e. The number of benzene rings is 2. The van der Waals surface area contributed by atoms with E-state index in [0.717, 1.165) is 33.5 Å². The Kier molecular flexibility index (Phi) is 5.21. The molecule has 0 atom stereocenters. The first-order chi connectivity index (χ1) is 12.8. The molecule has 3 rings (SSSR count). The number of nitrogens with zero attached hydrogens (tertiary/aromatic N) is 2. The standard InChI is InChI=1S/C22H23N3O2/c1-14-5-7-18(8-6-14)19-9-10-21(27)25(24-19)13-20(26)23-22-16(3)11-15(2)12-17(22)4/h5-12H,13H2,1-4H3,(H,23,26). The highest BCUT2D eigenvalue weighted by atomic mass is 16.2. The first-order valence-corrected chi connectivity index (χ1v) is 8.86. The molecule has 5 nitrogen and oxygen atoms in total. The van der Waals surface area contributed by atoms with Gasteiger partial charge in [0.2, 0.25) is 5.91 Å². The predicted octanol–water partition coefficient (Wildman–Crippen LogP) is 3.78. The fraction of sp³-hybridized carbons (Fsp3) is 0.227. The van der Waals surface area contributed by atoms with Crippen molar-refractivity contribution in [1.29, 1.82) is 0 Å². The molecule has 138 valence electrons. The maximum atomic E-state index is 12.5. The van der Waals surface area contributed by atoms with Crippen LogP contribution in [-0.2, 0) is 11.3 Å². The molecule has 1 heterocycles. The molecule has 5 heteroatoms. The first kappa shape index (κ1) is 18.6. The molecule has 0 fully saturated rings. The lowest BCUT2D eigenvalue weighted by Crippen LogP contribution is -2.29. The Morgan fingerprint density at radius 3 is 2.19 bits per heavy atom. The van der Waals surface area contributed by atoms with Gasteiger partial charge in [0.1, 0.15) is 6.54 Å². The Hall–Kier alpha value is -3.21. The summed E-state index contributed by atoms with van der Waals surface area (Å²) in [7, 11) is 0. The second-order valence-corrected chi connectivity index (χ2v) is 6.90. The third-order valence-electron chi connectivity index (χ3n) is 4.45. The minimum atomic E-state index is -0.307. The molecule has 0 spiro atoms. The van der Waals surface area contributed by atoms with E-state index in [-0.39, 0.29) is 18.0 Å². The maximum Gasteiger partial charge on any atom is 0.267 e. The van der Waals surface area contributed by atoms with Gasteiger partial charge < -0.3 is 5.32 Å². The van der Waals surface area contributed by atoms with Crippen molar-refractivity contribution < 1.29 is 4.79 Å². The van der Waals surface area contributed by atoms with Crippen LogP contribution in [0.2, 0.25) is 0 Å². The molecule has 0 saturated carbocycles. The Bertz CT molecular complexity index is 1030. The second-order valence-electron chi connectivity index (χ2n) is 6.90. The summed E-state index contributed by atoms with van der Waals surface area (Å²) in [5.41, 5.74) is 6.32. The molecule has 3 aromatic rings. The largest absolute Gasteiger partial charge is 0.324 e. The predicted molar refractivity (Wildman–Crippen MR) is 108 cm³/mol. The molecule has 0 aliphatic carbocycles. The summed E-state index contributed by atoms with van der Waals surface area (Å²) in [6.07, 6.45) is 0. The summed E-state index contributed by atoms with van der Waals surface area (Å²) >= 11 is 0. The number of hydrogen-bond donors (Lipinski definition) is 1. The molecule has 1 N–H and O–H groups in total. The monoisotopic (exact) mass is 361 g/mol. The fourth-order valence-corrected chi connectivity index (χ4v) is 3.13. The molecule has 1 aromatic heterocycles. The molecule has 0 radical (unpaired) electrons. The lowest BCUT2D eigenvalue weighted by atomic mass is 10.1. The van der Waals surface area contributed by atoms with Gasteiger partial charge in [-0.3, -0.25) is 9.59 Å². The summed E-state index contributed by atoms with van der Waals surface area (Å²) in [4.78, 5) is 24.6. The van der Waals surface area contributed by atoms with Crippen LogP contribution in [0.15, 0.2) is 53.3 Å². The number of hydrogen-bond acceptors (Lipinski definition) is 3. The number of rotatable bonds is 4. The van der Waals surface area contributed by atoms with Crippen molar-refractivity contribution in [3.05, 3.63) is 81.1 Å². The SMILES string of the molecule is Cc1ccc(-c2ccc(=O)n(CC(=O)Nc3c(C)cc(C)cc3C)n2)cc1. The molecular formula is C22H23N3O2. The van der Waals surface area contributed by atoms with E-state index >= 15 is 0 Å². The van der Waals surface area contributed by atoms with Crippen molar-refractivity contribution in [3.63, 3.8) is 0 Å². The van der Waals surface area contributed by atoms with Crippen molar-refractivity contribution in [2.45, 2.75) is 34.2 Å². The number of amides is 1. The van der Waals surface area contributed by atoms with Crippen LogP contribution >= 0.6 is 0 Å². The average molecular weight is 361 g/mol. The normalized spacial score (nSPS) is 10.7. The number of carbonyl (C=O) groups excluding carboxylic acids is 1. The van der Waals surface area contributed by atoms with E-state index in [1.165, 1.54) is 10.7 Å². The summed E-state index contributed by atoms with van der Waals surface area (Å²) in [6.45, 7) is 7.81. The second kappa shape index (κ2) is 7.58. The molecule has 2 aromatic carbocycles. The Morgan fingerprint density at radius 1 is 0.926 bits per heavy atom. The lowest BCUT2D eigenvalue weighted by Gasteiger charge is -2.13. The Labute approximate surface area is 158 Å². The highest BCUT2D eigenvalue weighted by molar-refractivity contribution is 5.92. The number of aryl methyl sites for hydroxylation is 4. The molecular weight excluding hydrogens is 338 g/mol. The van der Waals surface area contributed by atoms with Crippen LogP contribution in [0.4, 0.5) is 5.69 Å². The van der Waals surface area contributed by atoms with Crippen LogP contribution in [0, 0.1) is 27.7 Å². The lowest BCUT2D eigenvalue weighted by molar-refractivity contribution is -0.117. The first-order valence-electron chi connectivity index (χ1n) is 8.86. The number of aromatic nitrogens is 2. The summed E-state index contributed by atoms with van der Waals surface area (Å²) in [5.74, 6) is -0.277. The van der Waals surface area contributed by atoms with Gasteiger partial charge in [-0.1, -0.05) is 47.5 Å². The molecule has 0 aliphatic heterocycles. The molecule has 1 amide bonds. The van der Waals surface area contributed by atoms with E-state index in [2.05, 4.69) is 10.4 Å². The van der Waals surface area contributed by atoms with Gasteiger partial charge in [-0.15, -0.1) is 0 Å². The van der Waals surface area contributed by atoms with E-state index in [9.17, 15) is 9.59 Å². The van der Waals surface area contributed by atoms with E-state index in [4.69, 9.17) is 0 Å². The van der Waals surface area contributed by atoms with Crippen LogP contribution in [0.1, 0.15) is 22.3 Å². The Balaban J connectivity index is 1.83. The van der Waals surface area contributed by atoms with Gasteiger partial charge in [-0.25, -0.2) is 4.68 Å². The van der Waals surface area contributed by atoms with Gasteiger partial charge in [-0.05, 0) is 44.9 Å². The van der Waals surface area contributed by atoms with Gasteiger partial charge in [0, 0.05) is 17.3 Å². The highest BCUT2D eigenvalue weighted by Gasteiger charge is 2.11. The van der Waals surface area contributed by atoms with Crippen molar-refractivity contribution in [3.8, 4) is 11.3 Å². The van der Waals surface area contributed by atoms with Crippen LogP contribution in [-0.4, -0.2) is 15.7 Å². The average Bonchev–Trinajstić information content (AvgIpc) is 2.61. The summed E-state index contributed by atoms with van der Waals surface area (Å²) < 4.78 is 1.20. The minimum Gasteiger partial charge on any atom is -0.324 e. The number of carbonyl (C=O) groups is 1. The van der Waals surface area contributed by atoms with Crippen LogP contribution in [0.3, 0.4) is 0 Å². The zero-order chi connectivity index (χ0) is 19.6. The summed E-state index contributed by atoms with van der Waals surface area (Å²) in [5, 5.41) is 7.27. The fourth-order valence-electron chi connectivity index (χ4n) is 3.13. The van der Waals surface area contributed by atoms with Crippen LogP contribution in [0.25, 0.3) is 11.3 Å². The van der Waals surface area contributed by atoms with E-state index < -0.39 is 0 Å². The third-order valence-corrected chi connectivity index (χ3v) is 4.45. The van der Waals surface area contributed by atoms with E-state index in [0.29, 0.717) is 5.69 Å². The topological polar surface area (TPSA) is 64.0 Å². The quantitative estimate of drug-likeness (QED) is 0.769. The van der Waals surface area contributed by atoms with Crippen LogP contribution < -0.4 is 10.9 Å². The van der Waals surface area contributed by atoms with E-state index in [1.54, 1.807) is 6.07 Å². The van der Waals surface area contributed by atoms with E-state index in [1.807, 2.05) is 64.1 Å². The van der Waals surface area contributed by atoms with Crippen molar-refractivity contribution >= 4 is 11.6 Å². The van der Waals surface area contributed by atoms with Crippen molar-refractivity contribution in [2.24, 2.45) is 0 Å². The molecule has 0 aliphatic rings. The Morgan fingerprint density at radius 2 is 1.56 bits per heavy atom. The minimum absolute atomic E-state index is 0.134. The zero-order valence-corrected chi connectivity index (χ0v) is 16.0. The van der Waals surface area contributed by atoms with Crippen molar-refractivity contribution in [1.82, 2.24) is 9.78 Å². The van der Waals surface area contributed by atoms with Crippen molar-refractivity contribution in [2.75, 3.05) is 5.32 Å². The molecule has 0 bridgehead atoms.